The molecule has 2 amide bonds. The average molecular weight is 352 g/mol. The van der Waals surface area contributed by atoms with Gasteiger partial charge in [-0.15, -0.1) is 0 Å². The standard InChI is InChI=1S/C20H24N4O2/c21-20(26)17-13-16(24-11-5-2-6-12-24)9-10-18(17)22-14-19(25)23-15-7-3-1-4-8-15/h1,3-4,7-10,13,22H,2,5-6,11-12,14H2,(H2,21,26)(H,23,25). The van der Waals surface area contributed by atoms with Crippen LogP contribution in [0.3, 0.4) is 0 Å². The number of benzene rings is 2. The second kappa shape index (κ2) is 8.38. The molecule has 6 heteroatoms. The Bertz CT molecular complexity index is 771. The van der Waals surface area contributed by atoms with Crippen molar-refractivity contribution in [2.75, 3.05) is 35.2 Å². The van der Waals surface area contributed by atoms with E-state index in [4.69, 9.17) is 5.73 Å². The van der Waals surface area contributed by atoms with Crippen LogP contribution in [0.15, 0.2) is 48.5 Å². The maximum Gasteiger partial charge on any atom is 0.250 e. The number of carbonyl (C=O) groups excluding carboxylic acids is 2. The van der Waals surface area contributed by atoms with Gasteiger partial charge in [0.2, 0.25) is 5.91 Å². The first-order chi connectivity index (χ1) is 12.6. The Hall–Kier alpha value is -3.02. The van der Waals surface area contributed by atoms with Crippen LogP contribution >= 0.6 is 0 Å². The van der Waals surface area contributed by atoms with Crippen LogP contribution in [0.5, 0.6) is 0 Å². The summed E-state index contributed by atoms with van der Waals surface area (Å²) in [6.07, 6.45) is 3.56. The largest absolute Gasteiger partial charge is 0.375 e. The first-order valence-corrected chi connectivity index (χ1v) is 8.91. The molecule has 0 unspecified atom stereocenters. The van der Waals surface area contributed by atoms with E-state index in [1.54, 1.807) is 0 Å². The van der Waals surface area contributed by atoms with Crippen molar-refractivity contribution in [1.82, 2.24) is 0 Å². The number of amides is 2. The molecular weight excluding hydrogens is 328 g/mol. The molecule has 0 bridgehead atoms. The molecule has 2 aromatic rings. The third kappa shape index (κ3) is 4.53. The van der Waals surface area contributed by atoms with Crippen LogP contribution in [0.25, 0.3) is 0 Å². The van der Waals surface area contributed by atoms with E-state index in [2.05, 4.69) is 15.5 Å². The summed E-state index contributed by atoms with van der Waals surface area (Å²) in [5, 5.41) is 5.81. The quantitative estimate of drug-likeness (QED) is 0.746. The average Bonchev–Trinajstić information content (AvgIpc) is 2.67. The van der Waals surface area contributed by atoms with Crippen LogP contribution in [0.1, 0.15) is 29.6 Å². The van der Waals surface area contributed by atoms with Gasteiger partial charge in [-0.25, -0.2) is 0 Å². The lowest BCUT2D eigenvalue weighted by Crippen LogP contribution is -2.30. The second-order valence-corrected chi connectivity index (χ2v) is 6.41. The number of piperidine rings is 1. The monoisotopic (exact) mass is 352 g/mol. The molecular formula is C20H24N4O2. The van der Waals surface area contributed by atoms with Crippen molar-refractivity contribution in [3.05, 3.63) is 54.1 Å². The topological polar surface area (TPSA) is 87.5 Å². The van der Waals surface area contributed by atoms with E-state index in [9.17, 15) is 9.59 Å². The van der Waals surface area contributed by atoms with Crippen molar-refractivity contribution in [2.45, 2.75) is 19.3 Å². The summed E-state index contributed by atoms with van der Waals surface area (Å²) in [5.74, 6) is -0.693. The third-order valence-corrected chi connectivity index (χ3v) is 4.49. The van der Waals surface area contributed by atoms with Crippen LogP contribution in [-0.2, 0) is 4.79 Å². The minimum atomic E-state index is -0.505. The third-order valence-electron chi connectivity index (χ3n) is 4.49. The van der Waals surface area contributed by atoms with Gasteiger partial charge in [0.05, 0.1) is 12.1 Å². The zero-order chi connectivity index (χ0) is 18.4. The Morgan fingerprint density at radius 3 is 2.42 bits per heavy atom. The van der Waals surface area contributed by atoms with E-state index in [1.165, 1.54) is 6.42 Å². The van der Waals surface area contributed by atoms with E-state index >= 15 is 0 Å². The maximum absolute atomic E-state index is 12.1. The molecule has 0 aliphatic carbocycles. The molecule has 6 nitrogen and oxygen atoms in total. The highest BCUT2D eigenvalue weighted by molar-refractivity contribution is 6.01. The number of para-hydroxylation sites is 1. The Morgan fingerprint density at radius 2 is 1.73 bits per heavy atom. The molecule has 1 fully saturated rings. The molecule has 1 saturated heterocycles. The van der Waals surface area contributed by atoms with Crippen molar-refractivity contribution in [1.29, 1.82) is 0 Å². The predicted octanol–water partition coefficient (Wildman–Crippen LogP) is 2.83. The summed E-state index contributed by atoms with van der Waals surface area (Å²) in [6.45, 7) is 2.03. The SMILES string of the molecule is NC(=O)c1cc(N2CCCCC2)ccc1NCC(=O)Nc1ccccc1. The molecule has 0 radical (unpaired) electrons. The van der Waals surface area contributed by atoms with E-state index < -0.39 is 5.91 Å². The Morgan fingerprint density at radius 1 is 1.00 bits per heavy atom. The molecule has 3 rings (SSSR count). The van der Waals surface area contributed by atoms with E-state index in [0.717, 1.165) is 37.3 Å². The lowest BCUT2D eigenvalue weighted by Gasteiger charge is -2.29. The molecule has 0 spiro atoms. The van der Waals surface area contributed by atoms with Crippen molar-refractivity contribution in [2.24, 2.45) is 5.73 Å². The fourth-order valence-electron chi connectivity index (χ4n) is 3.14. The van der Waals surface area contributed by atoms with Gasteiger partial charge in [-0.3, -0.25) is 9.59 Å². The lowest BCUT2D eigenvalue weighted by atomic mass is 10.1. The van der Waals surface area contributed by atoms with Gasteiger partial charge >= 0.3 is 0 Å². The zero-order valence-electron chi connectivity index (χ0n) is 14.7. The van der Waals surface area contributed by atoms with Gasteiger partial charge in [-0.2, -0.15) is 0 Å². The number of nitrogens with two attached hydrogens (primary N) is 1. The van der Waals surface area contributed by atoms with Crippen LogP contribution in [0.2, 0.25) is 0 Å². The zero-order valence-corrected chi connectivity index (χ0v) is 14.7. The number of nitrogens with zero attached hydrogens (tertiary/aromatic N) is 1. The highest BCUT2D eigenvalue weighted by atomic mass is 16.2. The minimum absolute atomic E-state index is 0.0538. The van der Waals surface area contributed by atoms with Crippen molar-refractivity contribution in [3.8, 4) is 0 Å². The van der Waals surface area contributed by atoms with Crippen LogP contribution < -0.4 is 21.3 Å². The molecule has 4 N–H and O–H groups in total. The van der Waals surface area contributed by atoms with Gasteiger partial charge in [0.1, 0.15) is 0 Å². The summed E-state index contributed by atoms with van der Waals surface area (Å²) >= 11 is 0. The molecule has 1 aliphatic heterocycles. The number of hydrogen-bond acceptors (Lipinski definition) is 4. The predicted molar refractivity (Wildman–Crippen MR) is 105 cm³/mol. The molecule has 136 valence electrons. The summed E-state index contributed by atoms with van der Waals surface area (Å²) in [4.78, 5) is 26.2. The highest BCUT2D eigenvalue weighted by Crippen LogP contribution is 2.25. The van der Waals surface area contributed by atoms with Crippen molar-refractivity contribution >= 4 is 28.9 Å². The lowest BCUT2D eigenvalue weighted by molar-refractivity contribution is -0.114. The van der Waals surface area contributed by atoms with Crippen molar-refractivity contribution in [3.63, 3.8) is 0 Å². The number of rotatable bonds is 6. The Labute approximate surface area is 153 Å². The molecule has 1 heterocycles. The first-order valence-electron chi connectivity index (χ1n) is 8.91. The second-order valence-electron chi connectivity index (χ2n) is 6.41. The summed E-state index contributed by atoms with van der Waals surface area (Å²) in [6, 6.07) is 14.8. The molecule has 0 saturated carbocycles. The van der Waals surface area contributed by atoms with Gasteiger partial charge in [0.15, 0.2) is 0 Å². The van der Waals surface area contributed by atoms with E-state index in [0.29, 0.717) is 11.3 Å². The van der Waals surface area contributed by atoms with E-state index in [-0.39, 0.29) is 12.5 Å². The van der Waals surface area contributed by atoms with Crippen LogP contribution in [0, 0.1) is 0 Å². The molecule has 2 aromatic carbocycles. The van der Waals surface area contributed by atoms with Gasteiger partial charge in [-0.1, -0.05) is 18.2 Å². The van der Waals surface area contributed by atoms with Crippen molar-refractivity contribution < 1.29 is 9.59 Å². The van der Waals surface area contributed by atoms with Crippen LogP contribution in [-0.4, -0.2) is 31.4 Å². The number of primary amides is 1. The van der Waals surface area contributed by atoms with Gasteiger partial charge in [0.25, 0.3) is 5.91 Å². The fourth-order valence-corrected chi connectivity index (χ4v) is 3.14. The van der Waals surface area contributed by atoms with Gasteiger partial charge in [0, 0.05) is 30.2 Å². The minimum Gasteiger partial charge on any atom is -0.375 e. The summed E-state index contributed by atoms with van der Waals surface area (Å²) < 4.78 is 0. The number of carbonyl (C=O) groups is 2. The fraction of sp³-hybridized carbons (Fsp3) is 0.300. The smallest absolute Gasteiger partial charge is 0.250 e. The van der Waals surface area contributed by atoms with Gasteiger partial charge < -0.3 is 21.3 Å². The molecule has 0 aromatic heterocycles. The maximum atomic E-state index is 12.1. The Balaban J connectivity index is 1.66. The Kier molecular flexibility index (Phi) is 5.73. The highest BCUT2D eigenvalue weighted by Gasteiger charge is 2.15. The van der Waals surface area contributed by atoms with Crippen LogP contribution in [0.4, 0.5) is 17.1 Å². The van der Waals surface area contributed by atoms with E-state index in [1.807, 2.05) is 48.5 Å². The normalized spacial score (nSPS) is 13.9. The number of nitrogens with one attached hydrogen (secondary N) is 2. The number of hydrogen-bond donors (Lipinski definition) is 3. The molecule has 0 atom stereocenters. The first kappa shape index (κ1) is 17.8. The number of anilines is 3. The summed E-state index contributed by atoms with van der Waals surface area (Å²) in [5.41, 5.74) is 8.25. The molecule has 1 aliphatic rings. The molecule has 26 heavy (non-hydrogen) atoms. The summed E-state index contributed by atoms with van der Waals surface area (Å²) in [7, 11) is 0. The van der Waals surface area contributed by atoms with Gasteiger partial charge in [-0.05, 0) is 49.6 Å².